The number of hydrogen-bond acceptors (Lipinski definition) is 6. The van der Waals surface area contributed by atoms with E-state index in [9.17, 15) is 24.8 Å². The summed E-state index contributed by atoms with van der Waals surface area (Å²) in [6.45, 7) is 8.09. The lowest BCUT2D eigenvalue weighted by Gasteiger charge is -2.27. The zero-order chi connectivity index (χ0) is 21.7. The maximum Gasteiger partial charge on any atom is 0.290 e. The van der Waals surface area contributed by atoms with Gasteiger partial charge in [-0.2, -0.15) is 0 Å². The molecule has 0 saturated heterocycles. The van der Waals surface area contributed by atoms with Crippen LogP contribution in [-0.2, 0) is 14.3 Å². The summed E-state index contributed by atoms with van der Waals surface area (Å²) in [5.74, 6) is -1.68. The molecule has 0 spiro atoms. The van der Waals surface area contributed by atoms with E-state index < -0.39 is 22.6 Å². The number of aliphatic hydroxyl groups is 1. The summed E-state index contributed by atoms with van der Waals surface area (Å²) in [7, 11) is 0. The minimum absolute atomic E-state index is 0.0119. The maximum atomic E-state index is 12.9. The van der Waals surface area contributed by atoms with Crippen LogP contribution >= 0.6 is 0 Å². The van der Waals surface area contributed by atoms with Crippen LogP contribution in [0.3, 0.4) is 0 Å². The number of nitro groups is 1. The molecule has 1 heterocycles. The zero-order valence-corrected chi connectivity index (χ0v) is 17.3. The monoisotopic (exact) mass is 404 g/mol. The largest absolute Gasteiger partial charge is 0.503 e. The average molecular weight is 404 g/mol. The van der Waals surface area contributed by atoms with Crippen molar-refractivity contribution in [1.82, 2.24) is 4.90 Å². The van der Waals surface area contributed by atoms with Crippen molar-refractivity contribution in [2.45, 2.75) is 52.7 Å². The number of hydrogen-bond donors (Lipinski definition) is 1. The number of rotatable bonds is 10. The lowest BCUT2D eigenvalue weighted by molar-refractivity contribution is -0.385. The van der Waals surface area contributed by atoms with E-state index in [0.717, 1.165) is 0 Å². The number of amides is 1. The smallest absolute Gasteiger partial charge is 0.290 e. The summed E-state index contributed by atoms with van der Waals surface area (Å²) in [6.07, 6.45) is 0.638. The fourth-order valence-corrected chi connectivity index (χ4v) is 3.41. The Morgan fingerprint density at radius 2 is 1.93 bits per heavy atom. The topological polar surface area (TPSA) is 110 Å². The molecule has 0 radical (unpaired) electrons. The standard InChI is InChI=1S/C21H28N2O6/c1-13(2)12-17(24)18-19(15-8-5-6-9-16(15)23(27)28)22(21(26)20(18)25)10-7-11-29-14(3)4/h5-6,8-9,13-14,19,25H,7,10-12H2,1-4H3. The van der Waals surface area contributed by atoms with Gasteiger partial charge in [-0.25, -0.2) is 0 Å². The summed E-state index contributed by atoms with van der Waals surface area (Å²) in [5, 5.41) is 22.0. The van der Waals surface area contributed by atoms with Crippen molar-refractivity contribution in [2.75, 3.05) is 13.2 Å². The number of aliphatic hydroxyl groups excluding tert-OH is 1. The quantitative estimate of drug-likeness (QED) is 0.361. The molecule has 1 unspecified atom stereocenters. The summed E-state index contributed by atoms with van der Waals surface area (Å²) in [6, 6.07) is 5.01. The fourth-order valence-electron chi connectivity index (χ4n) is 3.41. The van der Waals surface area contributed by atoms with Crippen molar-refractivity contribution in [3.63, 3.8) is 0 Å². The number of carbonyl (C=O) groups is 2. The molecule has 8 nitrogen and oxygen atoms in total. The number of nitrogens with zero attached hydrogens (tertiary/aromatic N) is 2. The van der Waals surface area contributed by atoms with Gasteiger partial charge in [0.15, 0.2) is 11.5 Å². The molecule has 0 fully saturated rings. The lowest BCUT2D eigenvalue weighted by Crippen LogP contribution is -2.33. The van der Waals surface area contributed by atoms with E-state index in [-0.39, 0.29) is 47.6 Å². The molecule has 0 aromatic heterocycles. The summed E-state index contributed by atoms with van der Waals surface area (Å²) in [4.78, 5) is 37.9. The van der Waals surface area contributed by atoms with Crippen LogP contribution in [0.5, 0.6) is 0 Å². The highest BCUT2D eigenvalue weighted by molar-refractivity contribution is 6.09. The number of ketones is 1. The van der Waals surface area contributed by atoms with Crippen molar-refractivity contribution in [3.8, 4) is 0 Å². The van der Waals surface area contributed by atoms with Gasteiger partial charge in [0.1, 0.15) is 0 Å². The van der Waals surface area contributed by atoms with Crippen molar-refractivity contribution in [2.24, 2.45) is 5.92 Å². The first kappa shape index (κ1) is 22.5. The maximum absolute atomic E-state index is 12.9. The summed E-state index contributed by atoms with van der Waals surface area (Å²) < 4.78 is 5.50. The molecule has 1 N–H and O–H groups in total. The third kappa shape index (κ3) is 5.20. The molecule has 1 aliphatic rings. The van der Waals surface area contributed by atoms with E-state index in [1.54, 1.807) is 6.07 Å². The number of nitro benzene ring substituents is 1. The van der Waals surface area contributed by atoms with Crippen LogP contribution in [0.15, 0.2) is 35.6 Å². The third-order valence-electron chi connectivity index (χ3n) is 4.62. The highest BCUT2D eigenvalue weighted by atomic mass is 16.6. The predicted molar refractivity (Wildman–Crippen MR) is 107 cm³/mol. The molecule has 2 rings (SSSR count). The first-order valence-electron chi connectivity index (χ1n) is 9.77. The van der Waals surface area contributed by atoms with Crippen LogP contribution in [0.4, 0.5) is 5.69 Å². The Morgan fingerprint density at radius 1 is 1.28 bits per heavy atom. The predicted octanol–water partition coefficient (Wildman–Crippen LogP) is 3.72. The molecule has 0 bridgehead atoms. The molecule has 8 heteroatoms. The normalized spacial score (nSPS) is 17.0. The molecule has 1 aromatic carbocycles. The summed E-state index contributed by atoms with van der Waals surface area (Å²) >= 11 is 0. The van der Waals surface area contributed by atoms with Gasteiger partial charge in [0.25, 0.3) is 11.6 Å². The zero-order valence-electron chi connectivity index (χ0n) is 17.3. The van der Waals surface area contributed by atoms with Gasteiger partial charge in [0.05, 0.1) is 28.2 Å². The first-order chi connectivity index (χ1) is 13.6. The van der Waals surface area contributed by atoms with Gasteiger partial charge in [-0.1, -0.05) is 26.0 Å². The number of ether oxygens (including phenoxy) is 1. The highest BCUT2D eigenvalue weighted by Crippen LogP contribution is 2.41. The molecule has 158 valence electrons. The van der Waals surface area contributed by atoms with Crippen LogP contribution < -0.4 is 0 Å². The van der Waals surface area contributed by atoms with Crippen LogP contribution in [0.25, 0.3) is 0 Å². The Bertz CT molecular complexity index is 815. The molecule has 1 amide bonds. The van der Waals surface area contributed by atoms with Crippen LogP contribution in [0.1, 0.15) is 52.1 Å². The number of benzene rings is 1. The van der Waals surface area contributed by atoms with Crippen molar-refractivity contribution >= 4 is 17.4 Å². The Morgan fingerprint density at radius 3 is 2.52 bits per heavy atom. The van der Waals surface area contributed by atoms with Crippen molar-refractivity contribution in [1.29, 1.82) is 0 Å². The second-order valence-corrected chi connectivity index (χ2v) is 7.77. The van der Waals surface area contributed by atoms with E-state index >= 15 is 0 Å². The fraction of sp³-hybridized carbons (Fsp3) is 0.524. The summed E-state index contributed by atoms with van der Waals surface area (Å²) in [5.41, 5.74) is -0.0483. The SMILES string of the molecule is CC(C)CC(=O)C1=C(O)C(=O)N(CCCOC(C)C)C1c1ccccc1[N+](=O)[O-]. The minimum Gasteiger partial charge on any atom is -0.503 e. The van der Waals surface area contributed by atoms with Gasteiger partial charge >= 0.3 is 0 Å². The Hall–Kier alpha value is -2.74. The lowest BCUT2D eigenvalue weighted by atomic mass is 9.91. The Labute approximate surface area is 170 Å². The van der Waals surface area contributed by atoms with Crippen molar-refractivity contribution < 1.29 is 24.4 Å². The molecular weight excluding hydrogens is 376 g/mol. The Balaban J connectivity index is 2.45. The Kier molecular flexibility index (Phi) is 7.50. The number of Topliss-reactive ketones (excluding diaryl/α,β-unsaturated/α-hetero) is 1. The van der Waals surface area contributed by atoms with E-state index in [4.69, 9.17) is 4.74 Å². The molecule has 0 saturated carbocycles. The molecule has 0 aliphatic carbocycles. The molecule has 29 heavy (non-hydrogen) atoms. The molecule has 1 atom stereocenters. The van der Waals surface area contributed by atoms with E-state index in [1.165, 1.54) is 23.1 Å². The third-order valence-corrected chi connectivity index (χ3v) is 4.62. The van der Waals surface area contributed by atoms with E-state index in [2.05, 4.69) is 0 Å². The average Bonchev–Trinajstić information content (AvgIpc) is 2.89. The molecular formula is C21H28N2O6. The van der Waals surface area contributed by atoms with Gasteiger partial charge in [-0.3, -0.25) is 19.7 Å². The van der Waals surface area contributed by atoms with Crippen LogP contribution in [0, 0.1) is 16.0 Å². The van der Waals surface area contributed by atoms with Gasteiger partial charge in [-0.05, 0) is 32.3 Å². The molecule has 1 aromatic rings. The van der Waals surface area contributed by atoms with Gasteiger partial charge in [0, 0.05) is 25.6 Å². The van der Waals surface area contributed by atoms with E-state index in [1.807, 2.05) is 27.7 Å². The second kappa shape index (κ2) is 9.65. The van der Waals surface area contributed by atoms with E-state index in [0.29, 0.717) is 13.0 Å². The molecule has 1 aliphatic heterocycles. The number of para-hydroxylation sites is 1. The minimum atomic E-state index is -0.991. The van der Waals surface area contributed by atoms with Crippen molar-refractivity contribution in [3.05, 3.63) is 51.3 Å². The first-order valence-corrected chi connectivity index (χ1v) is 9.77. The van der Waals surface area contributed by atoms with Gasteiger partial charge in [-0.15, -0.1) is 0 Å². The second-order valence-electron chi connectivity index (χ2n) is 7.77. The van der Waals surface area contributed by atoms with Gasteiger partial charge in [0.2, 0.25) is 0 Å². The highest BCUT2D eigenvalue weighted by Gasteiger charge is 2.45. The number of carbonyl (C=O) groups excluding carboxylic acids is 2. The van der Waals surface area contributed by atoms with Gasteiger partial charge < -0.3 is 14.7 Å². The van der Waals surface area contributed by atoms with Crippen LogP contribution in [0.2, 0.25) is 0 Å². The van der Waals surface area contributed by atoms with Crippen LogP contribution in [-0.4, -0.2) is 45.9 Å².